The van der Waals surface area contributed by atoms with Crippen LogP contribution >= 0.6 is 116 Å². The SMILES string of the molecule is CC(C)(C)ON=O.CC1(C)OB(B2OC(C)(C)C(C)(C)O2)OC1(C)C.Cc1cc2sc(N)nc2cc1Br.Cc1cc2scnc2cc1-c1ccc(C(=O)Nc2c(F)cccc2F)s1.Cc1cc2scnc2cc1B1OC(C)(C)C(C)(C)O1.Cc1cc2scnc2cc1Br.O=C(Nc1c(F)cccc1F)c1ccc(Br)s1. The van der Waals surface area contributed by atoms with E-state index >= 15 is 0 Å². The Morgan fingerprint density at radius 1 is 0.491 bits per heavy atom. The molecule has 0 spiro atoms. The third-order valence-corrected chi connectivity index (χ3v) is 26.2. The van der Waals surface area contributed by atoms with E-state index in [1.165, 1.54) is 72.2 Å². The summed E-state index contributed by atoms with van der Waals surface area (Å²) in [5, 5.41) is 7.40. The van der Waals surface area contributed by atoms with E-state index in [0.717, 1.165) is 89.9 Å². The van der Waals surface area contributed by atoms with Gasteiger partial charge < -0.3 is 49.1 Å². The average Bonchev–Trinajstić information content (AvgIpc) is 1.60. The average molecular weight is 1810 g/mol. The molecule has 3 aliphatic heterocycles. The molecular weight excluding hydrogens is 1730 g/mol. The fourth-order valence-corrected chi connectivity index (χ4v) is 16.3. The Kier molecular flexibility index (Phi) is 28.2. The van der Waals surface area contributed by atoms with Gasteiger partial charge >= 0.3 is 21.1 Å². The van der Waals surface area contributed by atoms with Crippen LogP contribution in [-0.2, 0) is 32.8 Å². The molecule has 0 atom stereocenters. The van der Waals surface area contributed by atoms with Gasteiger partial charge in [0.1, 0.15) is 40.2 Å². The third kappa shape index (κ3) is 21.5. The van der Waals surface area contributed by atoms with E-state index in [1.54, 1.807) is 78.5 Å². The lowest BCUT2D eigenvalue weighted by Crippen LogP contribution is -2.41. The molecule has 0 bridgehead atoms. The van der Waals surface area contributed by atoms with Crippen LogP contribution < -0.4 is 21.8 Å². The van der Waals surface area contributed by atoms with Crippen molar-refractivity contribution in [3.63, 3.8) is 0 Å². The molecule has 3 fully saturated rings. The van der Waals surface area contributed by atoms with Gasteiger partial charge in [-0.05, 0) is 278 Å². The van der Waals surface area contributed by atoms with Crippen LogP contribution in [0.4, 0.5) is 34.1 Å². The van der Waals surface area contributed by atoms with Crippen molar-refractivity contribution in [2.24, 2.45) is 5.34 Å². The summed E-state index contributed by atoms with van der Waals surface area (Å²) < 4.78 is 97.7. The van der Waals surface area contributed by atoms with Crippen molar-refractivity contribution in [1.29, 1.82) is 0 Å². The highest BCUT2D eigenvalue weighted by molar-refractivity contribution is 9.11. The number of fused-ring (bicyclic) bond motifs is 4. The highest BCUT2D eigenvalue weighted by Crippen LogP contribution is 2.44. The van der Waals surface area contributed by atoms with Crippen LogP contribution in [0.1, 0.15) is 145 Å². The summed E-state index contributed by atoms with van der Waals surface area (Å²) in [6, 6.07) is 30.2. The van der Waals surface area contributed by atoms with Gasteiger partial charge in [-0.2, -0.15) is 0 Å². The van der Waals surface area contributed by atoms with Crippen LogP contribution in [0, 0.1) is 55.9 Å². The number of amides is 2. The number of para-hydroxylation sites is 2. The standard InChI is InChI=1S/C19H12F2N2OS2.C14H18BNO2S.C12H24B2O4.C11H6BrF2NOS.C8H7BrN2S.C8H6BrNS.C4H9NO2/c1-10-7-17-14(22-9-25-17)8-11(10)15-5-6-16(26-15)19(24)23-18-12(20)3-2-4-13(18)21;1-9-6-12-11(16-8-19-12)7-10(9)15-17-13(2,3)14(4,5)18-15;1-9(2)10(3,4)16-13(15-9)14-17-11(5,6)12(7,8)18-14;12-9-5-4-8(17-9)11(16)15-10-6(13)2-1-3-7(10)14;1-4-2-7-6(3-5(4)9)11-8(10)12-7;1-5-2-8-7(3-6(5)9)10-4-11-8;1-4(2,3)7-5-6/h2-9H,1H3,(H,23,24);6-8H,1-5H3;1-8H3;1-5H,(H,15,16);2-3H,1H3,(H2,10,11);2-4H,1H3;1-3H3. The van der Waals surface area contributed by atoms with Crippen LogP contribution in [-0.4, -0.2) is 92.1 Å². The number of thiazole rings is 4. The monoisotopic (exact) mass is 1800 g/mol. The first-order chi connectivity index (χ1) is 51.3. The minimum absolute atomic E-state index is 0.304. The van der Waals surface area contributed by atoms with Gasteiger partial charge in [0.2, 0.25) is 0 Å². The van der Waals surface area contributed by atoms with Gasteiger partial charge in [0.05, 0.1) is 105 Å². The maximum atomic E-state index is 13.7. The predicted molar refractivity (Wildman–Crippen MR) is 456 cm³/mol. The van der Waals surface area contributed by atoms with E-state index in [0.29, 0.717) is 14.9 Å². The molecular formula is C76H82B3Br3F4N8O10S6. The first-order valence-corrected chi connectivity index (χ1v) is 41.7. The number of carbonyl (C=O) groups is 2. The largest absolute Gasteiger partial charge is 0.495 e. The predicted octanol–water partition coefficient (Wildman–Crippen LogP) is 22.9. The summed E-state index contributed by atoms with van der Waals surface area (Å²) in [6.07, 6.45) is 0. The van der Waals surface area contributed by atoms with E-state index in [-0.39, 0.29) is 40.7 Å². The van der Waals surface area contributed by atoms with Gasteiger partial charge in [0.15, 0.2) is 10.5 Å². The number of nitrogens with one attached hydrogen (secondary N) is 2. The number of nitrogen functional groups attached to an aromatic ring is 1. The quantitative estimate of drug-likeness (QED) is 0.0556. The van der Waals surface area contributed by atoms with Gasteiger partial charge in [-0.15, -0.1) is 61.6 Å². The maximum absolute atomic E-state index is 13.7. The fraction of sp³-hybridized carbons (Fsp3) is 0.342. The van der Waals surface area contributed by atoms with Gasteiger partial charge in [0.25, 0.3) is 11.8 Å². The zero-order chi connectivity index (χ0) is 81.0. The Morgan fingerprint density at radius 2 is 0.873 bits per heavy atom. The summed E-state index contributed by atoms with van der Waals surface area (Å²) in [6.45, 7) is 38.0. The van der Waals surface area contributed by atoms with Crippen molar-refractivity contribution in [3.05, 3.63) is 199 Å². The molecule has 110 heavy (non-hydrogen) atoms. The second-order valence-electron chi connectivity index (χ2n) is 29.5. The molecule has 580 valence electrons. The van der Waals surface area contributed by atoms with Crippen molar-refractivity contribution in [2.75, 3.05) is 16.4 Å². The Bertz CT molecular complexity index is 5100. The highest BCUT2D eigenvalue weighted by Gasteiger charge is 2.64. The molecule has 6 aromatic carbocycles. The third-order valence-electron chi connectivity index (χ3n) is 18.6. The number of nitrogens with two attached hydrogens (primary N) is 1. The summed E-state index contributed by atoms with van der Waals surface area (Å²) in [7, 11) is -1.26. The molecule has 9 heterocycles. The molecule has 2 amide bonds. The number of benzene rings is 6. The number of aromatic nitrogens is 4. The highest BCUT2D eigenvalue weighted by atomic mass is 79.9. The normalized spacial score (nSPS) is 16.0. The van der Waals surface area contributed by atoms with Gasteiger partial charge in [-0.3, -0.25) is 9.59 Å². The van der Waals surface area contributed by atoms with E-state index in [9.17, 15) is 32.1 Å². The number of rotatable bonds is 8. The number of hydrogen-bond donors (Lipinski definition) is 3. The van der Waals surface area contributed by atoms with E-state index in [2.05, 4.69) is 173 Å². The topological polar surface area (TPSA) is 230 Å². The summed E-state index contributed by atoms with van der Waals surface area (Å²) in [4.78, 5) is 56.4. The first kappa shape index (κ1) is 87.5. The Labute approximate surface area is 687 Å². The molecule has 4 N–H and O–H groups in total. The smallest absolute Gasteiger partial charge is 0.405 e. The summed E-state index contributed by atoms with van der Waals surface area (Å²) in [5.41, 5.74) is 18.6. The van der Waals surface area contributed by atoms with Crippen LogP contribution in [0.2, 0.25) is 0 Å². The Hall–Kier alpha value is -6.47. The lowest BCUT2D eigenvalue weighted by atomic mass is 9.49. The minimum atomic E-state index is -0.806. The molecule has 0 aliphatic carbocycles. The van der Waals surface area contributed by atoms with E-state index < -0.39 is 66.1 Å². The molecule has 12 aromatic rings. The van der Waals surface area contributed by atoms with Crippen LogP contribution in [0.5, 0.6) is 0 Å². The van der Waals surface area contributed by atoms with Crippen molar-refractivity contribution in [1.82, 2.24) is 19.9 Å². The molecule has 0 unspecified atom stereocenters. The lowest BCUT2D eigenvalue weighted by molar-refractivity contribution is -0.00231. The number of anilines is 3. The Balaban J connectivity index is 0.000000152. The van der Waals surface area contributed by atoms with Crippen LogP contribution in [0.15, 0.2) is 144 Å². The summed E-state index contributed by atoms with van der Waals surface area (Å²) >= 11 is 19.0. The molecule has 18 nitrogen and oxygen atoms in total. The van der Waals surface area contributed by atoms with Crippen molar-refractivity contribution in [3.8, 4) is 10.4 Å². The molecule has 3 saturated heterocycles. The van der Waals surface area contributed by atoms with Crippen molar-refractivity contribution < 1.29 is 59.9 Å². The van der Waals surface area contributed by atoms with Crippen LogP contribution in [0.3, 0.4) is 0 Å². The number of halogens is 7. The van der Waals surface area contributed by atoms with Crippen molar-refractivity contribution >= 4 is 212 Å². The van der Waals surface area contributed by atoms with E-state index in [1.807, 2.05) is 91.5 Å². The second kappa shape index (κ2) is 35.5. The number of carbonyl (C=O) groups excluding carboxylic acids is 2. The van der Waals surface area contributed by atoms with Gasteiger partial charge in [-0.25, -0.2) is 37.5 Å². The zero-order valence-electron chi connectivity index (χ0n) is 63.8. The second-order valence-corrected chi connectivity index (χ2v) is 38.5. The number of nitrogens with zero attached hydrogens (tertiary/aromatic N) is 5. The molecule has 3 aliphatic rings. The molecule has 0 radical (unpaired) electrons. The zero-order valence-corrected chi connectivity index (χ0v) is 73.5. The summed E-state index contributed by atoms with van der Waals surface area (Å²) in [5.74, 6) is -4.29. The molecule has 6 aromatic heterocycles. The number of aryl methyl sites for hydroxylation is 4. The van der Waals surface area contributed by atoms with Gasteiger partial charge in [0, 0.05) is 13.8 Å². The maximum Gasteiger partial charge on any atom is 0.495 e. The molecule has 34 heteroatoms. The lowest BCUT2D eigenvalue weighted by Gasteiger charge is -2.32. The first-order valence-electron chi connectivity index (χ1n) is 34.2. The minimum Gasteiger partial charge on any atom is -0.405 e. The van der Waals surface area contributed by atoms with E-state index in [4.69, 9.17) is 33.7 Å². The Morgan fingerprint density at radius 3 is 1.29 bits per heavy atom. The van der Waals surface area contributed by atoms with Crippen molar-refractivity contribution in [2.45, 2.75) is 171 Å². The molecule has 0 saturated carbocycles. The fourth-order valence-electron chi connectivity index (χ4n) is 10.3. The number of hydrogen-bond acceptors (Lipinski definition) is 22. The number of thiophene rings is 2. The van der Waals surface area contributed by atoms with Gasteiger partial charge in [-0.1, -0.05) is 55.3 Å². The molecule has 15 rings (SSSR count). The van der Waals surface area contributed by atoms with Crippen LogP contribution in [0.25, 0.3) is 51.3 Å².